The van der Waals surface area contributed by atoms with Crippen LogP contribution in [0, 0.1) is 0 Å². The highest BCUT2D eigenvalue weighted by Crippen LogP contribution is 2.36. The summed E-state index contributed by atoms with van der Waals surface area (Å²) in [5.74, 6) is 0.682. The first kappa shape index (κ1) is 20.2. The van der Waals surface area contributed by atoms with Gasteiger partial charge in [0.15, 0.2) is 5.82 Å². The average Bonchev–Trinajstić information content (AvgIpc) is 3.14. The van der Waals surface area contributed by atoms with Crippen molar-refractivity contribution >= 4 is 24.1 Å². The van der Waals surface area contributed by atoms with E-state index in [0.29, 0.717) is 11.5 Å². The molecule has 1 saturated heterocycles. The van der Waals surface area contributed by atoms with E-state index in [1.807, 2.05) is 38.4 Å². The zero-order valence-electron chi connectivity index (χ0n) is 18.2. The summed E-state index contributed by atoms with van der Waals surface area (Å²) in [6.45, 7) is 14.0. The average molecular weight is 399 g/mol. The molecule has 2 aliphatic rings. The topological polar surface area (TPSA) is 73.6 Å². The fourth-order valence-electron chi connectivity index (χ4n) is 3.73. The van der Waals surface area contributed by atoms with Gasteiger partial charge in [0.05, 0.1) is 23.4 Å². The van der Waals surface area contributed by atoms with E-state index in [1.54, 1.807) is 23.9 Å². The summed E-state index contributed by atoms with van der Waals surface area (Å²) in [5.41, 5.74) is 1.42. The van der Waals surface area contributed by atoms with E-state index in [-0.39, 0.29) is 5.56 Å². The summed E-state index contributed by atoms with van der Waals surface area (Å²) < 4.78 is 15.9. The van der Waals surface area contributed by atoms with Gasteiger partial charge < -0.3 is 19.2 Å². The molecule has 0 amide bonds. The molecule has 0 bridgehead atoms. The highest BCUT2D eigenvalue weighted by molar-refractivity contribution is 6.62. The minimum atomic E-state index is -0.527. The summed E-state index contributed by atoms with van der Waals surface area (Å²) >= 11 is 0. The Bertz CT molecular complexity index is 965. The molecule has 0 atom stereocenters. The van der Waals surface area contributed by atoms with Crippen LogP contribution in [-0.4, -0.2) is 50.7 Å². The minimum Gasteiger partial charge on any atom is -0.399 e. The number of nitrogens with zero attached hydrogens (tertiary/aromatic N) is 4. The molecule has 0 saturated carbocycles. The minimum absolute atomic E-state index is 0.119. The third-order valence-corrected chi connectivity index (χ3v) is 6.32. The van der Waals surface area contributed by atoms with Crippen molar-refractivity contribution in [2.24, 2.45) is 7.05 Å². The lowest BCUT2D eigenvalue weighted by atomic mass is 9.80. The SMILES string of the molecule is CCN1CCn2nc(Nc3cc(B4OC(C)(C)C(C)(C)O4)cn(C)c3=O)cc2C1. The van der Waals surface area contributed by atoms with E-state index in [4.69, 9.17) is 9.31 Å². The fourth-order valence-corrected chi connectivity index (χ4v) is 3.73. The quantitative estimate of drug-likeness (QED) is 0.785. The van der Waals surface area contributed by atoms with Crippen molar-refractivity contribution < 1.29 is 9.31 Å². The molecule has 0 radical (unpaired) electrons. The monoisotopic (exact) mass is 399 g/mol. The van der Waals surface area contributed by atoms with Crippen molar-refractivity contribution in [2.75, 3.05) is 18.4 Å². The van der Waals surface area contributed by atoms with E-state index in [1.165, 1.54) is 0 Å². The van der Waals surface area contributed by atoms with Crippen LogP contribution in [0.2, 0.25) is 0 Å². The standard InChI is InChI=1S/C20H30BN5O3/c1-7-25-8-9-26-15(13-25)11-17(23-26)22-16-10-14(12-24(6)18(16)27)21-28-19(2,3)20(4,5)29-21/h10-12H,7-9,13H2,1-6H3,(H,22,23). The normalized spacial score (nSPS) is 20.7. The molecule has 2 aromatic heterocycles. The predicted molar refractivity (Wildman–Crippen MR) is 114 cm³/mol. The van der Waals surface area contributed by atoms with Gasteiger partial charge in [-0.2, -0.15) is 5.10 Å². The number of fused-ring (bicyclic) bond motifs is 1. The van der Waals surface area contributed by atoms with E-state index in [0.717, 1.165) is 37.3 Å². The predicted octanol–water partition coefficient (Wildman–Crippen LogP) is 1.46. The summed E-state index contributed by atoms with van der Waals surface area (Å²) in [6, 6.07) is 3.82. The first-order valence-corrected chi connectivity index (χ1v) is 10.2. The van der Waals surface area contributed by atoms with E-state index in [2.05, 4.69) is 22.2 Å². The first-order valence-electron chi connectivity index (χ1n) is 10.2. The number of hydrogen-bond donors (Lipinski definition) is 1. The van der Waals surface area contributed by atoms with Crippen LogP contribution in [0.15, 0.2) is 23.1 Å². The number of likely N-dealkylation sites (N-methyl/N-ethyl adjacent to an activating group) is 1. The summed E-state index contributed by atoms with van der Waals surface area (Å²) in [6.07, 6.45) is 1.77. The van der Waals surface area contributed by atoms with Crippen LogP contribution < -0.4 is 16.3 Å². The maximum atomic E-state index is 12.7. The maximum absolute atomic E-state index is 12.7. The second kappa shape index (κ2) is 7.00. The fraction of sp³-hybridized carbons (Fsp3) is 0.600. The maximum Gasteiger partial charge on any atom is 0.496 e. The molecule has 156 valence electrons. The highest BCUT2D eigenvalue weighted by atomic mass is 16.7. The van der Waals surface area contributed by atoms with Crippen LogP contribution in [0.3, 0.4) is 0 Å². The summed E-state index contributed by atoms with van der Waals surface area (Å²) in [4.78, 5) is 15.1. The number of hydrogen-bond acceptors (Lipinski definition) is 6. The van der Waals surface area contributed by atoms with Gasteiger partial charge in [0.1, 0.15) is 5.69 Å². The third kappa shape index (κ3) is 3.62. The van der Waals surface area contributed by atoms with Gasteiger partial charge in [-0.15, -0.1) is 0 Å². The van der Waals surface area contributed by atoms with Crippen molar-refractivity contribution in [2.45, 2.75) is 58.9 Å². The summed E-state index contributed by atoms with van der Waals surface area (Å²) in [5, 5.41) is 7.84. The Hall–Kier alpha value is -2.10. The molecule has 4 heterocycles. The zero-order valence-corrected chi connectivity index (χ0v) is 18.2. The van der Waals surface area contributed by atoms with E-state index >= 15 is 0 Å². The molecule has 4 rings (SSSR count). The lowest BCUT2D eigenvalue weighted by Gasteiger charge is -2.32. The van der Waals surface area contributed by atoms with Gasteiger partial charge in [0, 0.05) is 37.9 Å². The number of aryl methyl sites for hydroxylation is 1. The van der Waals surface area contributed by atoms with Gasteiger partial charge >= 0.3 is 7.12 Å². The molecule has 0 unspecified atom stereocenters. The van der Waals surface area contributed by atoms with Gasteiger partial charge in [0.25, 0.3) is 5.56 Å². The molecule has 1 N–H and O–H groups in total. The van der Waals surface area contributed by atoms with Crippen LogP contribution >= 0.6 is 0 Å². The Morgan fingerprint density at radius 1 is 1.17 bits per heavy atom. The van der Waals surface area contributed by atoms with Gasteiger partial charge in [-0.3, -0.25) is 14.4 Å². The van der Waals surface area contributed by atoms with Crippen LogP contribution in [0.25, 0.3) is 0 Å². The largest absolute Gasteiger partial charge is 0.496 e. The zero-order chi connectivity index (χ0) is 21.0. The van der Waals surface area contributed by atoms with Crippen molar-refractivity contribution in [3.8, 4) is 0 Å². The van der Waals surface area contributed by atoms with Gasteiger partial charge in [-0.25, -0.2) is 0 Å². The molecule has 2 aromatic rings. The molecule has 8 nitrogen and oxygen atoms in total. The van der Waals surface area contributed by atoms with Crippen molar-refractivity contribution in [1.29, 1.82) is 0 Å². The number of pyridine rings is 1. The molecule has 0 spiro atoms. The lowest BCUT2D eigenvalue weighted by Crippen LogP contribution is -2.41. The molecule has 9 heteroatoms. The second-order valence-corrected chi connectivity index (χ2v) is 8.93. The Balaban J connectivity index is 1.61. The molecule has 2 aliphatic heterocycles. The Labute approximate surface area is 171 Å². The van der Waals surface area contributed by atoms with E-state index in [9.17, 15) is 4.79 Å². The van der Waals surface area contributed by atoms with Gasteiger partial charge in [-0.05, 0) is 40.3 Å². The molecular formula is C20H30BN5O3. The number of nitrogens with one attached hydrogen (secondary N) is 1. The van der Waals surface area contributed by atoms with E-state index < -0.39 is 18.3 Å². The van der Waals surface area contributed by atoms with Gasteiger partial charge in [0.2, 0.25) is 0 Å². The number of rotatable bonds is 4. The second-order valence-electron chi connectivity index (χ2n) is 8.93. The van der Waals surface area contributed by atoms with Crippen molar-refractivity contribution in [3.05, 3.63) is 34.4 Å². The Morgan fingerprint density at radius 3 is 2.52 bits per heavy atom. The lowest BCUT2D eigenvalue weighted by molar-refractivity contribution is 0.00578. The van der Waals surface area contributed by atoms with Crippen molar-refractivity contribution in [1.82, 2.24) is 19.2 Å². The molecule has 0 aliphatic carbocycles. The van der Waals surface area contributed by atoms with Crippen LogP contribution in [0.1, 0.15) is 40.3 Å². The highest BCUT2D eigenvalue weighted by Gasteiger charge is 2.52. The smallest absolute Gasteiger partial charge is 0.399 e. The van der Waals surface area contributed by atoms with Crippen LogP contribution in [0.5, 0.6) is 0 Å². The third-order valence-electron chi connectivity index (χ3n) is 6.32. The van der Waals surface area contributed by atoms with Gasteiger partial charge in [-0.1, -0.05) is 6.92 Å². The number of aromatic nitrogens is 3. The first-order chi connectivity index (χ1) is 13.6. The molecule has 29 heavy (non-hydrogen) atoms. The Kier molecular flexibility index (Phi) is 4.87. The van der Waals surface area contributed by atoms with Crippen LogP contribution in [-0.2, 0) is 29.4 Å². The van der Waals surface area contributed by atoms with Crippen LogP contribution in [0.4, 0.5) is 11.5 Å². The number of anilines is 2. The van der Waals surface area contributed by atoms with Crippen molar-refractivity contribution in [3.63, 3.8) is 0 Å². The Morgan fingerprint density at radius 2 is 1.86 bits per heavy atom. The molecule has 1 fully saturated rings. The summed E-state index contributed by atoms with van der Waals surface area (Å²) in [7, 11) is 1.21. The molecular weight excluding hydrogens is 369 g/mol. The molecule has 0 aromatic carbocycles.